The van der Waals surface area contributed by atoms with E-state index in [0.29, 0.717) is 18.1 Å². The van der Waals surface area contributed by atoms with Crippen LogP contribution in [0.25, 0.3) is 0 Å². The molecule has 0 aromatic heterocycles. The monoisotopic (exact) mass is 274 g/mol. The van der Waals surface area contributed by atoms with E-state index in [9.17, 15) is 0 Å². The number of piperidine rings is 1. The van der Waals surface area contributed by atoms with Crippen LogP contribution in [0.15, 0.2) is 24.3 Å². The molecule has 1 aromatic rings. The van der Waals surface area contributed by atoms with E-state index in [2.05, 4.69) is 62.2 Å². The number of hydrogen-bond donors (Lipinski definition) is 1. The van der Waals surface area contributed by atoms with Crippen LogP contribution in [0.2, 0.25) is 0 Å². The zero-order chi connectivity index (χ0) is 14.5. The molecule has 112 valence electrons. The molecule has 0 spiro atoms. The Kier molecular flexibility index (Phi) is 5.62. The molecule has 0 saturated carbocycles. The lowest BCUT2D eigenvalue weighted by atomic mass is 10.00. The zero-order valence-corrected chi connectivity index (χ0v) is 13.5. The van der Waals surface area contributed by atoms with Gasteiger partial charge in [-0.25, -0.2) is 0 Å². The Morgan fingerprint density at radius 3 is 2.20 bits per heavy atom. The minimum Gasteiger partial charge on any atom is -0.307 e. The van der Waals surface area contributed by atoms with Crippen molar-refractivity contribution in [2.45, 2.75) is 65.1 Å². The van der Waals surface area contributed by atoms with Gasteiger partial charge in [0.2, 0.25) is 0 Å². The first-order chi connectivity index (χ1) is 9.60. The van der Waals surface area contributed by atoms with Crippen molar-refractivity contribution in [2.75, 3.05) is 13.1 Å². The third-order valence-corrected chi connectivity index (χ3v) is 4.63. The Labute approximate surface area is 124 Å². The second kappa shape index (κ2) is 7.24. The highest BCUT2D eigenvalue weighted by Crippen LogP contribution is 2.19. The van der Waals surface area contributed by atoms with Crippen LogP contribution in [-0.2, 0) is 6.42 Å². The summed E-state index contributed by atoms with van der Waals surface area (Å²) in [7, 11) is 0. The van der Waals surface area contributed by atoms with Gasteiger partial charge in [-0.2, -0.15) is 0 Å². The summed E-state index contributed by atoms with van der Waals surface area (Å²) in [5, 5.41) is 3.81. The van der Waals surface area contributed by atoms with Crippen LogP contribution < -0.4 is 5.32 Å². The highest BCUT2D eigenvalue weighted by atomic mass is 15.2. The number of aryl methyl sites for hydroxylation is 1. The first-order valence-corrected chi connectivity index (χ1v) is 8.19. The van der Waals surface area contributed by atoms with Gasteiger partial charge in [-0.05, 0) is 64.3 Å². The molecule has 2 nitrogen and oxygen atoms in total. The molecular formula is C18H30N2. The lowest BCUT2D eigenvalue weighted by Crippen LogP contribution is -2.45. The Balaban J connectivity index is 1.84. The Bertz CT molecular complexity index is 388. The van der Waals surface area contributed by atoms with Gasteiger partial charge in [-0.3, -0.25) is 0 Å². The summed E-state index contributed by atoms with van der Waals surface area (Å²) < 4.78 is 0. The summed E-state index contributed by atoms with van der Waals surface area (Å²) >= 11 is 0. The summed E-state index contributed by atoms with van der Waals surface area (Å²) in [6, 6.07) is 10.9. The van der Waals surface area contributed by atoms with E-state index in [1.54, 1.807) is 0 Å². The molecule has 1 aliphatic rings. The summed E-state index contributed by atoms with van der Waals surface area (Å²) in [5.41, 5.74) is 2.83. The maximum Gasteiger partial charge on any atom is 0.0294 e. The van der Waals surface area contributed by atoms with Crippen molar-refractivity contribution in [1.82, 2.24) is 10.2 Å². The maximum atomic E-state index is 3.81. The number of nitrogens with one attached hydrogen (secondary N) is 1. The minimum atomic E-state index is 0.455. The van der Waals surface area contributed by atoms with E-state index in [1.165, 1.54) is 37.1 Å². The van der Waals surface area contributed by atoms with E-state index < -0.39 is 0 Å². The predicted molar refractivity (Wildman–Crippen MR) is 87.1 cm³/mol. The molecule has 1 atom stereocenters. The summed E-state index contributed by atoms with van der Waals surface area (Å²) in [4.78, 5) is 2.58. The molecule has 0 amide bonds. The third kappa shape index (κ3) is 4.07. The van der Waals surface area contributed by atoms with Gasteiger partial charge in [0.15, 0.2) is 0 Å². The molecule has 1 aliphatic heterocycles. The fourth-order valence-corrected chi connectivity index (χ4v) is 3.07. The van der Waals surface area contributed by atoms with Crippen LogP contribution in [0, 0.1) is 0 Å². The predicted octanol–water partition coefficient (Wildman–Crippen LogP) is 3.77. The van der Waals surface area contributed by atoms with Crippen LogP contribution in [0.3, 0.4) is 0 Å². The fraction of sp³-hybridized carbons (Fsp3) is 0.667. The zero-order valence-electron chi connectivity index (χ0n) is 13.5. The number of rotatable bonds is 5. The second-order valence-corrected chi connectivity index (χ2v) is 6.39. The van der Waals surface area contributed by atoms with Crippen molar-refractivity contribution in [2.24, 2.45) is 0 Å². The number of likely N-dealkylation sites (tertiary alicyclic amines) is 1. The van der Waals surface area contributed by atoms with Crippen LogP contribution in [0.4, 0.5) is 0 Å². The molecule has 0 aliphatic carbocycles. The van der Waals surface area contributed by atoms with Crippen LogP contribution >= 0.6 is 0 Å². The van der Waals surface area contributed by atoms with Gasteiger partial charge in [0.1, 0.15) is 0 Å². The van der Waals surface area contributed by atoms with Crippen molar-refractivity contribution in [3.63, 3.8) is 0 Å². The normalized spacial score (nSPS) is 19.4. The lowest BCUT2D eigenvalue weighted by Gasteiger charge is -2.36. The first kappa shape index (κ1) is 15.5. The Morgan fingerprint density at radius 1 is 1.10 bits per heavy atom. The molecule has 1 heterocycles. The third-order valence-electron chi connectivity index (χ3n) is 4.63. The van der Waals surface area contributed by atoms with Crippen molar-refractivity contribution in [3.05, 3.63) is 35.4 Å². The maximum absolute atomic E-state index is 3.81. The number of benzene rings is 1. The van der Waals surface area contributed by atoms with Crippen molar-refractivity contribution >= 4 is 0 Å². The van der Waals surface area contributed by atoms with E-state index in [0.717, 1.165) is 6.42 Å². The quantitative estimate of drug-likeness (QED) is 0.879. The highest BCUT2D eigenvalue weighted by Gasteiger charge is 2.21. The smallest absolute Gasteiger partial charge is 0.0294 e. The molecule has 2 heteroatoms. The topological polar surface area (TPSA) is 15.3 Å². The molecule has 1 unspecified atom stereocenters. The van der Waals surface area contributed by atoms with Crippen molar-refractivity contribution in [3.8, 4) is 0 Å². The average molecular weight is 274 g/mol. The highest BCUT2D eigenvalue weighted by molar-refractivity contribution is 5.24. The Hall–Kier alpha value is -0.860. The fourth-order valence-electron chi connectivity index (χ4n) is 3.07. The Morgan fingerprint density at radius 2 is 1.70 bits per heavy atom. The van der Waals surface area contributed by atoms with Gasteiger partial charge in [0, 0.05) is 18.1 Å². The van der Waals surface area contributed by atoms with Crippen molar-refractivity contribution in [1.29, 1.82) is 0 Å². The number of nitrogens with zero attached hydrogens (tertiary/aromatic N) is 1. The average Bonchev–Trinajstić information content (AvgIpc) is 2.48. The SMILES string of the molecule is CCc1ccc(C(C)NC2CCN(C(C)C)CC2)cc1. The molecule has 1 aromatic carbocycles. The number of hydrogen-bond acceptors (Lipinski definition) is 2. The first-order valence-electron chi connectivity index (χ1n) is 8.19. The standard InChI is InChI=1S/C18H30N2/c1-5-16-6-8-17(9-7-16)15(4)19-18-10-12-20(13-11-18)14(2)3/h6-9,14-15,18-19H,5,10-13H2,1-4H3. The molecule has 1 saturated heterocycles. The van der Waals surface area contributed by atoms with Gasteiger partial charge in [0.05, 0.1) is 0 Å². The molecule has 1 fully saturated rings. The molecular weight excluding hydrogens is 244 g/mol. The van der Waals surface area contributed by atoms with Crippen molar-refractivity contribution < 1.29 is 0 Å². The van der Waals surface area contributed by atoms with E-state index in [1.807, 2.05) is 0 Å². The molecule has 0 radical (unpaired) electrons. The lowest BCUT2D eigenvalue weighted by molar-refractivity contribution is 0.157. The minimum absolute atomic E-state index is 0.455. The molecule has 20 heavy (non-hydrogen) atoms. The molecule has 0 bridgehead atoms. The van der Waals surface area contributed by atoms with Gasteiger partial charge >= 0.3 is 0 Å². The summed E-state index contributed by atoms with van der Waals surface area (Å²) in [6.07, 6.45) is 3.67. The summed E-state index contributed by atoms with van der Waals surface area (Å²) in [5.74, 6) is 0. The van der Waals surface area contributed by atoms with Gasteiger partial charge in [0.25, 0.3) is 0 Å². The molecule has 1 N–H and O–H groups in total. The van der Waals surface area contributed by atoms with Gasteiger partial charge in [-0.15, -0.1) is 0 Å². The second-order valence-electron chi connectivity index (χ2n) is 6.39. The van der Waals surface area contributed by atoms with Gasteiger partial charge < -0.3 is 10.2 Å². The van der Waals surface area contributed by atoms with E-state index in [-0.39, 0.29) is 0 Å². The van der Waals surface area contributed by atoms with E-state index >= 15 is 0 Å². The van der Waals surface area contributed by atoms with Crippen LogP contribution in [0.1, 0.15) is 57.7 Å². The summed E-state index contributed by atoms with van der Waals surface area (Å²) in [6.45, 7) is 11.6. The van der Waals surface area contributed by atoms with E-state index in [4.69, 9.17) is 0 Å². The van der Waals surface area contributed by atoms with Crippen LogP contribution in [-0.4, -0.2) is 30.1 Å². The molecule has 2 rings (SSSR count). The largest absolute Gasteiger partial charge is 0.307 e. The van der Waals surface area contributed by atoms with Gasteiger partial charge in [-0.1, -0.05) is 31.2 Å². The van der Waals surface area contributed by atoms with Crippen LogP contribution in [0.5, 0.6) is 0 Å².